The van der Waals surface area contributed by atoms with Gasteiger partial charge in [-0.15, -0.1) is 0 Å². The zero-order chi connectivity index (χ0) is 25.5. The number of aromatic nitrogens is 1. The van der Waals surface area contributed by atoms with E-state index in [0.717, 1.165) is 37.2 Å². The Morgan fingerprint density at radius 1 is 0.972 bits per heavy atom. The predicted molar refractivity (Wildman–Crippen MR) is 145 cm³/mol. The summed E-state index contributed by atoms with van der Waals surface area (Å²) in [6.45, 7) is 4.98. The maximum absolute atomic E-state index is 12.8. The molecule has 0 spiro atoms. The molecule has 4 rings (SSSR count). The molecule has 0 bridgehead atoms. The van der Waals surface area contributed by atoms with Gasteiger partial charge in [0.15, 0.2) is 0 Å². The van der Waals surface area contributed by atoms with E-state index in [2.05, 4.69) is 22.5 Å². The van der Waals surface area contributed by atoms with Crippen molar-refractivity contribution in [1.82, 2.24) is 4.98 Å². The molecular weight excluding hydrogens is 452 g/mol. The van der Waals surface area contributed by atoms with Gasteiger partial charge in [-0.3, -0.25) is 0 Å². The fourth-order valence-electron chi connectivity index (χ4n) is 4.81. The molecule has 3 N–H and O–H groups in total. The minimum absolute atomic E-state index is 0.178. The molecule has 7 nitrogen and oxygen atoms in total. The molecule has 0 unspecified atom stereocenters. The van der Waals surface area contributed by atoms with Crippen LogP contribution in [-0.2, 0) is 0 Å². The Morgan fingerprint density at radius 2 is 1.67 bits per heavy atom. The number of nitrogens with one attached hydrogen (secondary N) is 2. The van der Waals surface area contributed by atoms with E-state index >= 15 is 0 Å². The fraction of sp³-hybridized carbons (Fsp3) is 0.345. The van der Waals surface area contributed by atoms with Gasteiger partial charge in [0.2, 0.25) is 0 Å². The molecule has 36 heavy (non-hydrogen) atoms. The molecule has 2 aromatic carbocycles. The first-order valence-electron chi connectivity index (χ1n) is 12.7. The minimum atomic E-state index is -1.01. The van der Waals surface area contributed by atoms with Crippen LogP contribution in [0, 0.1) is 6.92 Å². The fourth-order valence-corrected chi connectivity index (χ4v) is 4.81. The number of hydrogen-bond acceptors (Lipinski definition) is 4. The molecule has 188 valence electrons. The first kappa shape index (κ1) is 25.2. The maximum Gasteiger partial charge on any atom is 0.336 e. The van der Waals surface area contributed by atoms with Crippen LogP contribution in [0.2, 0.25) is 0 Å². The van der Waals surface area contributed by atoms with Gasteiger partial charge in [-0.2, -0.15) is 0 Å². The summed E-state index contributed by atoms with van der Waals surface area (Å²) in [5, 5.41) is 15.6. The van der Waals surface area contributed by atoms with E-state index in [1.165, 1.54) is 19.3 Å². The van der Waals surface area contributed by atoms with E-state index < -0.39 is 5.97 Å². The monoisotopic (exact) mass is 486 g/mol. The van der Waals surface area contributed by atoms with Gasteiger partial charge < -0.3 is 20.6 Å². The zero-order valence-corrected chi connectivity index (χ0v) is 21.0. The second kappa shape index (κ2) is 11.7. The van der Waals surface area contributed by atoms with E-state index in [1.807, 2.05) is 37.3 Å². The molecule has 7 heteroatoms. The Hall–Kier alpha value is -3.87. The Labute approximate surface area is 212 Å². The first-order valence-corrected chi connectivity index (χ1v) is 12.7. The summed E-state index contributed by atoms with van der Waals surface area (Å²) in [4.78, 5) is 32.0. The Kier molecular flexibility index (Phi) is 8.21. The number of carboxylic acid groups (broad SMARTS) is 1. The summed E-state index contributed by atoms with van der Waals surface area (Å²) in [5.41, 5.74) is 3.59. The van der Waals surface area contributed by atoms with Crippen LogP contribution in [0.25, 0.3) is 11.3 Å². The van der Waals surface area contributed by atoms with Crippen molar-refractivity contribution in [2.75, 3.05) is 22.1 Å². The lowest BCUT2D eigenvalue weighted by Gasteiger charge is -2.35. The van der Waals surface area contributed by atoms with Gasteiger partial charge in [-0.1, -0.05) is 62.1 Å². The standard InChI is InChI=1S/C29H34N4O3/c1-3-17-33(23-9-5-4-6-10-23)27-19-22(31-29(36)30-21-15-13-20(2)14-16-21)18-26(32-27)24-11-7-8-12-25(24)28(34)35/h7-8,11-16,18-19,23H,3-6,9-10,17H2,1-2H3,(H,34,35)(H2,30,31,32,36). The third-order valence-corrected chi connectivity index (χ3v) is 6.59. The minimum Gasteiger partial charge on any atom is -0.478 e. The van der Waals surface area contributed by atoms with E-state index in [1.54, 1.807) is 30.3 Å². The molecule has 0 atom stereocenters. The molecular formula is C29H34N4O3. The van der Waals surface area contributed by atoms with Gasteiger partial charge in [0.1, 0.15) is 5.82 Å². The highest BCUT2D eigenvalue weighted by Crippen LogP contribution is 2.32. The van der Waals surface area contributed by atoms with Gasteiger partial charge in [0, 0.05) is 35.6 Å². The Bertz CT molecular complexity index is 1200. The molecule has 3 aromatic rings. The molecule has 1 saturated carbocycles. The second-order valence-corrected chi connectivity index (χ2v) is 9.38. The molecule has 1 aromatic heterocycles. The molecule has 1 heterocycles. The van der Waals surface area contributed by atoms with Crippen molar-refractivity contribution in [1.29, 1.82) is 0 Å². The summed E-state index contributed by atoms with van der Waals surface area (Å²) in [6.07, 6.45) is 6.81. The number of urea groups is 1. The van der Waals surface area contributed by atoms with E-state index in [4.69, 9.17) is 4.98 Å². The van der Waals surface area contributed by atoms with Crippen molar-refractivity contribution in [2.45, 2.75) is 58.4 Å². The lowest BCUT2D eigenvalue weighted by molar-refractivity contribution is 0.0697. The van der Waals surface area contributed by atoms with Crippen LogP contribution in [0.5, 0.6) is 0 Å². The number of nitrogens with zero attached hydrogens (tertiary/aromatic N) is 2. The lowest BCUT2D eigenvalue weighted by Crippen LogP contribution is -2.38. The molecule has 0 aliphatic heterocycles. The Balaban J connectivity index is 1.71. The average Bonchev–Trinajstić information content (AvgIpc) is 2.89. The molecule has 2 amide bonds. The molecule has 1 aliphatic rings. The van der Waals surface area contributed by atoms with Gasteiger partial charge >= 0.3 is 12.0 Å². The molecule has 1 aliphatic carbocycles. The Morgan fingerprint density at radius 3 is 2.36 bits per heavy atom. The van der Waals surface area contributed by atoms with Gasteiger partial charge in [0.25, 0.3) is 0 Å². The van der Waals surface area contributed by atoms with E-state index in [9.17, 15) is 14.7 Å². The van der Waals surface area contributed by atoms with Crippen molar-refractivity contribution >= 4 is 29.2 Å². The molecule has 1 fully saturated rings. The van der Waals surface area contributed by atoms with Crippen LogP contribution in [-0.4, -0.2) is 34.7 Å². The lowest BCUT2D eigenvalue weighted by atomic mass is 9.94. The second-order valence-electron chi connectivity index (χ2n) is 9.38. The normalized spacial score (nSPS) is 13.7. The van der Waals surface area contributed by atoms with Crippen LogP contribution in [0.15, 0.2) is 60.7 Å². The van der Waals surface area contributed by atoms with Crippen LogP contribution < -0.4 is 15.5 Å². The summed E-state index contributed by atoms with van der Waals surface area (Å²) >= 11 is 0. The number of carboxylic acids is 1. The summed E-state index contributed by atoms with van der Waals surface area (Å²) < 4.78 is 0. The number of amides is 2. The van der Waals surface area contributed by atoms with Gasteiger partial charge in [-0.05, 0) is 50.5 Å². The smallest absolute Gasteiger partial charge is 0.336 e. The number of aryl methyl sites for hydroxylation is 1. The van der Waals surface area contributed by atoms with Gasteiger partial charge in [0.05, 0.1) is 11.3 Å². The van der Waals surface area contributed by atoms with Crippen molar-refractivity contribution in [3.63, 3.8) is 0 Å². The summed E-state index contributed by atoms with van der Waals surface area (Å²) in [5.74, 6) is -0.255. The SMILES string of the molecule is CCCN(c1cc(NC(=O)Nc2ccc(C)cc2)cc(-c2ccccc2C(=O)O)n1)C1CCCCC1. The van der Waals surface area contributed by atoms with E-state index in [0.29, 0.717) is 28.7 Å². The number of anilines is 3. The number of benzene rings is 2. The van der Waals surface area contributed by atoms with E-state index in [-0.39, 0.29) is 11.6 Å². The van der Waals surface area contributed by atoms with Crippen molar-refractivity contribution in [2.24, 2.45) is 0 Å². The molecule has 0 radical (unpaired) electrons. The summed E-state index contributed by atoms with van der Waals surface area (Å²) in [7, 11) is 0. The maximum atomic E-state index is 12.8. The highest BCUT2D eigenvalue weighted by molar-refractivity contribution is 6.01. The van der Waals surface area contributed by atoms with Crippen LogP contribution in [0.3, 0.4) is 0 Å². The van der Waals surface area contributed by atoms with Crippen LogP contribution in [0.4, 0.5) is 22.0 Å². The third-order valence-electron chi connectivity index (χ3n) is 6.59. The van der Waals surface area contributed by atoms with Gasteiger partial charge in [-0.25, -0.2) is 14.6 Å². The van der Waals surface area contributed by atoms with Crippen molar-refractivity contribution < 1.29 is 14.7 Å². The average molecular weight is 487 g/mol. The topological polar surface area (TPSA) is 94.6 Å². The quantitative estimate of drug-likeness (QED) is 0.320. The van der Waals surface area contributed by atoms with Crippen LogP contribution >= 0.6 is 0 Å². The zero-order valence-electron chi connectivity index (χ0n) is 21.0. The number of carbonyl (C=O) groups excluding carboxylic acids is 1. The summed E-state index contributed by atoms with van der Waals surface area (Å²) in [6, 6.07) is 18.1. The predicted octanol–water partition coefficient (Wildman–Crippen LogP) is 6.95. The third kappa shape index (κ3) is 6.22. The number of pyridine rings is 1. The molecule has 0 saturated heterocycles. The number of hydrogen-bond donors (Lipinski definition) is 3. The first-order chi connectivity index (χ1) is 17.4. The number of rotatable bonds is 8. The largest absolute Gasteiger partial charge is 0.478 e. The van der Waals surface area contributed by atoms with Crippen LogP contribution in [0.1, 0.15) is 61.4 Å². The number of aromatic carboxylic acids is 1. The highest BCUT2D eigenvalue weighted by atomic mass is 16.4. The highest BCUT2D eigenvalue weighted by Gasteiger charge is 2.24. The number of carbonyl (C=O) groups is 2. The van der Waals surface area contributed by atoms with Crippen molar-refractivity contribution in [3.8, 4) is 11.3 Å². The van der Waals surface area contributed by atoms with Crippen molar-refractivity contribution in [3.05, 3.63) is 71.8 Å².